The highest BCUT2D eigenvalue weighted by molar-refractivity contribution is 5.79. The lowest BCUT2D eigenvalue weighted by Crippen LogP contribution is -2.39. The van der Waals surface area contributed by atoms with Gasteiger partial charge in [-0.3, -0.25) is 4.99 Å². The monoisotopic (exact) mass is 372 g/mol. The van der Waals surface area contributed by atoms with Crippen molar-refractivity contribution >= 4 is 11.6 Å². The van der Waals surface area contributed by atoms with E-state index in [2.05, 4.69) is 20.5 Å². The number of hydrogen-bond acceptors (Lipinski definition) is 3. The van der Waals surface area contributed by atoms with Crippen molar-refractivity contribution in [3.63, 3.8) is 0 Å². The first-order valence-electron chi connectivity index (χ1n) is 8.90. The van der Waals surface area contributed by atoms with Gasteiger partial charge in [-0.25, -0.2) is 0 Å². The second-order valence-corrected chi connectivity index (χ2v) is 6.28. The number of methoxy groups -OCH3 is 1. The number of hydrogen-bond donors (Lipinski definition) is 2. The molecule has 1 aromatic rings. The minimum Gasteiger partial charge on any atom is -0.495 e. The van der Waals surface area contributed by atoms with Crippen LogP contribution in [0.25, 0.3) is 0 Å². The van der Waals surface area contributed by atoms with Gasteiger partial charge in [0.25, 0.3) is 0 Å². The van der Waals surface area contributed by atoms with Gasteiger partial charge < -0.3 is 20.3 Å². The second kappa shape index (κ2) is 9.54. The van der Waals surface area contributed by atoms with Crippen molar-refractivity contribution < 1.29 is 17.9 Å². The van der Waals surface area contributed by atoms with Gasteiger partial charge in [0.1, 0.15) is 5.75 Å². The summed E-state index contributed by atoms with van der Waals surface area (Å²) in [6.45, 7) is 4.67. The Bertz CT molecular complexity index is 592. The van der Waals surface area contributed by atoms with E-state index in [4.69, 9.17) is 4.74 Å². The summed E-state index contributed by atoms with van der Waals surface area (Å²) in [5.41, 5.74) is 1.07. The van der Waals surface area contributed by atoms with Crippen LogP contribution in [0.1, 0.15) is 19.8 Å². The van der Waals surface area contributed by atoms with Crippen molar-refractivity contribution in [3.8, 4) is 5.75 Å². The van der Waals surface area contributed by atoms with Crippen molar-refractivity contribution in [2.45, 2.75) is 25.9 Å². The van der Waals surface area contributed by atoms with Gasteiger partial charge in [0.2, 0.25) is 0 Å². The summed E-state index contributed by atoms with van der Waals surface area (Å²) in [4.78, 5) is 6.72. The number of rotatable bonds is 7. The lowest BCUT2D eigenvalue weighted by Gasteiger charge is -2.21. The molecule has 1 atom stereocenters. The van der Waals surface area contributed by atoms with Crippen LogP contribution in [0.2, 0.25) is 0 Å². The van der Waals surface area contributed by atoms with Crippen LogP contribution < -0.4 is 20.3 Å². The topological polar surface area (TPSA) is 48.9 Å². The Morgan fingerprint density at radius 3 is 2.77 bits per heavy atom. The van der Waals surface area contributed by atoms with E-state index >= 15 is 0 Å². The molecule has 1 aliphatic rings. The van der Waals surface area contributed by atoms with Crippen LogP contribution in [0, 0.1) is 5.92 Å². The van der Waals surface area contributed by atoms with E-state index in [1.165, 1.54) is 0 Å². The number of para-hydroxylation sites is 2. The van der Waals surface area contributed by atoms with Crippen LogP contribution in [-0.2, 0) is 0 Å². The van der Waals surface area contributed by atoms with E-state index in [1.807, 2.05) is 31.2 Å². The number of nitrogens with zero attached hydrogens (tertiary/aromatic N) is 2. The summed E-state index contributed by atoms with van der Waals surface area (Å²) in [6.07, 6.45) is -4.04. The maximum atomic E-state index is 12.3. The molecule has 1 aromatic carbocycles. The summed E-state index contributed by atoms with van der Waals surface area (Å²) in [6, 6.07) is 7.90. The predicted molar refractivity (Wildman–Crippen MR) is 98.0 cm³/mol. The molecule has 0 radical (unpaired) electrons. The molecule has 0 aromatic heterocycles. The molecule has 1 fully saturated rings. The van der Waals surface area contributed by atoms with Gasteiger partial charge >= 0.3 is 6.18 Å². The van der Waals surface area contributed by atoms with Crippen molar-refractivity contribution in [3.05, 3.63) is 24.3 Å². The zero-order valence-corrected chi connectivity index (χ0v) is 15.3. The molecular formula is C18H27F3N4O. The van der Waals surface area contributed by atoms with E-state index in [0.29, 0.717) is 25.0 Å². The summed E-state index contributed by atoms with van der Waals surface area (Å²) < 4.78 is 42.2. The molecule has 2 N–H and O–H groups in total. The van der Waals surface area contributed by atoms with Gasteiger partial charge in [-0.15, -0.1) is 0 Å². The van der Waals surface area contributed by atoms with E-state index in [-0.39, 0.29) is 6.54 Å². The lowest BCUT2D eigenvalue weighted by molar-refractivity contribution is -0.132. The maximum absolute atomic E-state index is 12.3. The molecule has 1 saturated heterocycles. The third kappa shape index (κ3) is 6.31. The predicted octanol–water partition coefficient (Wildman–Crippen LogP) is 3.03. The average Bonchev–Trinajstić information content (AvgIpc) is 3.07. The summed E-state index contributed by atoms with van der Waals surface area (Å²) >= 11 is 0. The largest absolute Gasteiger partial charge is 0.495 e. The number of nitrogens with one attached hydrogen (secondary N) is 2. The van der Waals surface area contributed by atoms with Crippen molar-refractivity contribution in [2.75, 3.05) is 44.7 Å². The molecule has 8 heteroatoms. The third-order valence-electron chi connectivity index (χ3n) is 4.26. The third-order valence-corrected chi connectivity index (χ3v) is 4.26. The minimum absolute atomic E-state index is 0.173. The number of benzene rings is 1. The molecule has 0 saturated carbocycles. The molecular weight excluding hydrogens is 345 g/mol. The average molecular weight is 372 g/mol. The number of alkyl halides is 3. The Hall–Kier alpha value is -2.12. The van der Waals surface area contributed by atoms with Crippen LogP contribution in [0.3, 0.4) is 0 Å². The van der Waals surface area contributed by atoms with Crippen LogP contribution in [0.4, 0.5) is 18.9 Å². The van der Waals surface area contributed by atoms with Gasteiger partial charge in [0.05, 0.1) is 19.2 Å². The number of ether oxygens (including phenoxy) is 1. The zero-order valence-electron chi connectivity index (χ0n) is 15.3. The van der Waals surface area contributed by atoms with Gasteiger partial charge in [0, 0.05) is 32.7 Å². The van der Waals surface area contributed by atoms with Crippen molar-refractivity contribution in [1.29, 1.82) is 0 Å². The zero-order chi connectivity index (χ0) is 19.0. The molecule has 1 unspecified atom stereocenters. The fourth-order valence-corrected chi connectivity index (χ4v) is 2.98. The normalized spacial score (nSPS) is 18.1. The fourth-order valence-electron chi connectivity index (χ4n) is 2.98. The number of halogens is 3. The second-order valence-electron chi connectivity index (χ2n) is 6.28. The van der Waals surface area contributed by atoms with E-state index in [9.17, 15) is 13.2 Å². The lowest BCUT2D eigenvalue weighted by atomic mass is 10.1. The summed E-state index contributed by atoms with van der Waals surface area (Å²) in [7, 11) is 1.66. The summed E-state index contributed by atoms with van der Waals surface area (Å²) in [5, 5.41) is 5.74. The van der Waals surface area contributed by atoms with E-state index in [1.54, 1.807) is 7.11 Å². The van der Waals surface area contributed by atoms with E-state index < -0.39 is 12.6 Å². The molecule has 0 aliphatic carbocycles. The van der Waals surface area contributed by atoms with Crippen molar-refractivity contribution in [1.82, 2.24) is 10.6 Å². The van der Waals surface area contributed by atoms with Gasteiger partial charge in [-0.1, -0.05) is 12.1 Å². The molecule has 5 nitrogen and oxygen atoms in total. The molecule has 0 spiro atoms. The maximum Gasteiger partial charge on any atom is 0.390 e. The molecule has 2 rings (SSSR count). The Morgan fingerprint density at radius 2 is 2.08 bits per heavy atom. The first kappa shape index (κ1) is 20.2. The fraction of sp³-hybridized carbons (Fsp3) is 0.611. The van der Waals surface area contributed by atoms with Gasteiger partial charge in [0.15, 0.2) is 5.96 Å². The molecule has 1 heterocycles. The molecule has 0 bridgehead atoms. The van der Waals surface area contributed by atoms with Crippen molar-refractivity contribution in [2.24, 2.45) is 10.9 Å². The van der Waals surface area contributed by atoms with Crippen LogP contribution in [0.5, 0.6) is 5.75 Å². The molecule has 26 heavy (non-hydrogen) atoms. The Balaban J connectivity index is 1.88. The highest BCUT2D eigenvalue weighted by Gasteiger charge is 2.27. The Labute approximate surface area is 152 Å². The first-order valence-corrected chi connectivity index (χ1v) is 8.90. The smallest absolute Gasteiger partial charge is 0.390 e. The van der Waals surface area contributed by atoms with Crippen LogP contribution in [-0.4, -0.2) is 52.0 Å². The quantitative estimate of drug-likeness (QED) is 0.571. The Morgan fingerprint density at radius 1 is 1.31 bits per heavy atom. The standard InChI is InChI=1S/C18H27F3N4O/c1-3-22-17(23-10-9-18(19,20)21)24-12-14-8-11-25(13-14)15-6-4-5-7-16(15)26-2/h4-7,14H,3,8-13H2,1-2H3,(H2,22,23,24). The molecule has 0 amide bonds. The SMILES string of the molecule is CCNC(=NCC1CCN(c2ccccc2OC)C1)NCCC(F)(F)F. The van der Waals surface area contributed by atoms with Gasteiger partial charge in [-0.2, -0.15) is 13.2 Å². The summed E-state index contributed by atoms with van der Waals surface area (Å²) in [5.74, 6) is 1.64. The number of aliphatic imine (C=N–C) groups is 1. The van der Waals surface area contributed by atoms with Crippen LogP contribution >= 0.6 is 0 Å². The highest BCUT2D eigenvalue weighted by atomic mass is 19.4. The van der Waals surface area contributed by atoms with Gasteiger partial charge in [-0.05, 0) is 31.4 Å². The van der Waals surface area contributed by atoms with E-state index in [0.717, 1.165) is 30.9 Å². The highest BCUT2D eigenvalue weighted by Crippen LogP contribution is 2.31. The molecule has 1 aliphatic heterocycles. The first-order chi connectivity index (χ1) is 12.4. The molecule has 146 valence electrons. The minimum atomic E-state index is -4.16. The number of guanidine groups is 1. The van der Waals surface area contributed by atoms with Crippen LogP contribution in [0.15, 0.2) is 29.3 Å². The number of anilines is 1. The Kier molecular flexibility index (Phi) is 7.41.